The van der Waals surface area contributed by atoms with Gasteiger partial charge < -0.3 is 5.32 Å². The highest BCUT2D eigenvalue weighted by molar-refractivity contribution is 9.10. The first kappa shape index (κ1) is 12.3. The topological polar surface area (TPSA) is 42.7 Å². The Morgan fingerprint density at radius 2 is 2.24 bits per heavy atom. The molecule has 2 rings (SSSR count). The first-order valence-corrected chi connectivity index (χ1v) is 6.39. The smallest absolute Gasteiger partial charge is 0.153 e. The zero-order valence-corrected chi connectivity index (χ0v) is 11.3. The van der Waals surface area contributed by atoms with Crippen molar-refractivity contribution < 1.29 is 0 Å². The lowest BCUT2D eigenvalue weighted by atomic mass is 10.2. The third-order valence-electron chi connectivity index (χ3n) is 2.47. The average molecular weight is 295 g/mol. The van der Waals surface area contributed by atoms with Gasteiger partial charge in [0.2, 0.25) is 0 Å². The number of rotatable bonds is 5. The van der Waals surface area contributed by atoms with Crippen molar-refractivity contribution in [3.05, 3.63) is 40.8 Å². The van der Waals surface area contributed by atoms with Crippen LogP contribution in [0.15, 0.2) is 35.2 Å². The molecule has 2 heterocycles. The van der Waals surface area contributed by atoms with Crippen molar-refractivity contribution >= 4 is 15.9 Å². The predicted octanol–water partition coefficient (Wildman–Crippen LogP) is 2.18. The lowest BCUT2D eigenvalue weighted by Crippen LogP contribution is -2.08. The molecule has 0 aliphatic heterocycles. The van der Waals surface area contributed by atoms with E-state index < -0.39 is 0 Å². The molecule has 0 radical (unpaired) electrons. The molecule has 0 aliphatic rings. The molecule has 0 unspecified atom stereocenters. The fourth-order valence-corrected chi connectivity index (χ4v) is 1.82. The third kappa shape index (κ3) is 3.38. The summed E-state index contributed by atoms with van der Waals surface area (Å²) in [6, 6.07) is 3.90. The van der Waals surface area contributed by atoms with Crippen molar-refractivity contribution in [3.63, 3.8) is 0 Å². The van der Waals surface area contributed by atoms with Gasteiger partial charge in [-0.25, -0.2) is 9.67 Å². The maximum atomic E-state index is 4.31. The molecule has 2 aromatic rings. The molecule has 0 aromatic carbocycles. The zero-order chi connectivity index (χ0) is 12.1. The van der Waals surface area contributed by atoms with Crippen molar-refractivity contribution in [1.29, 1.82) is 0 Å². The van der Waals surface area contributed by atoms with Gasteiger partial charge >= 0.3 is 0 Å². The predicted molar refractivity (Wildman–Crippen MR) is 71.3 cm³/mol. The van der Waals surface area contributed by atoms with Crippen LogP contribution in [0.4, 0.5) is 0 Å². The normalized spacial score (nSPS) is 10.7. The second-order valence-corrected chi connectivity index (χ2v) is 4.75. The summed E-state index contributed by atoms with van der Waals surface area (Å²) in [6.07, 6.45) is 7.87. The summed E-state index contributed by atoms with van der Waals surface area (Å²) >= 11 is 3.37. The number of aryl methyl sites for hydroxylation is 1. The van der Waals surface area contributed by atoms with Crippen LogP contribution in [0.5, 0.6) is 0 Å². The van der Waals surface area contributed by atoms with E-state index in [0.29, 0.717) is 0 Å². The minimum Gasteiger partial charge on any atom is -0.320 e. The van der Waals surface area contributed by atoms with Gasteiger partial charge in [-0.3, -0.25) is 0 Å². The molecular weight excluding hydrogens is 280 g/mol. The Hall–Kier alpha value is -1.20. The number of hydrogen-bond donors (Lipinski definition) is 1. The fraction of sp³-hybridized carbons (Fsp3) is 0.333. The number of aromatic nitrogens is 3. The summed E-state index contributed by atoms with van der Waals surface area (Å²) in [5, 5.41) is 7.45. The minimum absolute atomic E-state index is 0.841. The number of pyridine rings is 1. The van der Waals surface area contributed by atoms with Gasteiger partial charge in [0.15, 0.2) is 5.82 Å². The molecule has 0 saturated carbocycles. The van der Waals surface area contributed by atoms with Gasteiger partial charge in [0, 0.05) is 16.9 Å². The SMILES string of the molecule is CNCCCc1cnn(-c2ccc(Br)cn2)c1. The highest BCUT2D eigenvalue weighted by Gasteiger charge is 2.01. The number of nitrogens with zero attached hydrogens (tertiary/aromatic N) is 3. The minimum atomic E-state index is 0.841. The molecule has 0 aliphatic carbocycles. The molecule has 90 valence electrons. The van der Waals surface area contributed by atoms with Gasteiger partial charge in [-0.1, -0.05) is 0 Å². The third-order valence-corrected chi connectivity index (χ3v) is 2.94. The lowest BCUT2D eigenvalue weighted by molar-refractivity contribution is 0.724. The fourth-order valence-electron chi connectivity index (χ4n) is 1.59. The van der Waals surface area contributed by atoms with Crippen LogP contribution in [0.25, 0.3) is 5.82 Å². The first-order chi connectivity index (χ1) is 8.29. The number of hydrogen-bond acceptors (Lipinski definition) is 3. The molecule has 0 fully saturated rings. The molecule has 0 atom stereocenters. The Kier molecular flexibility index (Phi) is 4.28. The van der Waals surface area contributed by atoms with E-state index in [4.69, 9.17) is 0 Å². The van der Waals surface area contributed by atoms with Gasteiger partial charge in [-0.2, -0.15) is 5.10 Å². The van der Waals surface area contributed by atoms with E-state index in [1.54, 1.807) is 10.9 Å². The van der Waals surface area contributed by atoms with Crippen LogP contribution in [-0.2, 0) is 6.42 Å². The second-order valence-electron chi connectivity index (χ2n) is 3.83. The highest BCUT2D eigenvalue weighted by atomic mass is 79.9. The van der Waals surface area contributed by atoms with E-state index in [1.807, 2.05) is 31.6 Å². The summed E-state index contributed by atoms with van der Waals surface area (Å²) < 4.78 is 2.78. The zero-order valence-electron chi connectivity index (χ0n) is 9.73. The summed E-state index contributed by atoms with van der Waals surface area (Å²) in [5.74, 6) is 0.841. The largest absolute Gasteiger partial charge is 0.320 e. The Morgan fingerprint density at radius 1 is 1.35 bits per heavy atom. The Balaban J connectivity index is 2.04. The van der Waals surface area contributed by atoms with Crippen molar-refractivity contribution in [2.45, 2.75) is 12.8 Å². The highest BCUT2D eigenvalue weighted by Crippen LogP contribution is 2.11. The molecule has 4 nitrogen and oxygen atoms in total. The van der Waals surface area contributed by atoms with Crippen molar-refractivity contribution in [3.8, 4) is 5.82 Å². The Bertz CT molecular complexity index is 464. The van der Waals surface area contributed by atoms with Crippen LogP contribution in [-0.4, -0.2) is 28.4 Å². The van der Waals surface area contributed by atoms with Gasteiger partial charge in [0.05, 0.1) is 6.20 Å². The Morgan fingerprint density at radius 3 is 2.94 bits per heavy atom. The van der Waals surface area contributed by atoms with E-state index >= 15 is 0 Å². The summed E-state index contributed by atoms with van der Waals surface area (Å²) in [6.45, 7) is 1.03. The molecule has 5 heteroatoms. The van der Waals surface area contributed by atoms with Crippen LogP contribution in [0.2, 0.25) is 0 Å². The Labute approximate surface area is 109 Å². The number of nitrogens with one attached hydrogen (secondary N) is 1. The molecule has 17 heavy (non-hydrogen) atoms. The van der Waals surface area contributed by atoms with E-state index in [-0.39, 0.29) is 0 Å². The average Bonchev–Trinajstić information content (AvgIpc) is 2.79. The standard InChI is InChI=1S/C12H15BrN4/c1-14-6-2-3-10-7-16-17(9-10)12-5-4-11(13)8-15-12/h4-5,7-9,14H,2-3,6H2,1H3. The molecular formula is C12H15BrN4. The summed E-state index contributed by atoms with van der Waals surface area (Å²) in [5.41, 5.74) is 1.24. The van der Waals surface area contributed by atoms with Crippen LogP contribution < -0.4 is 5.32 Å². The van der Waals surface area contributed by atoms with E-state index in [2.05, 4.69) is 31.3 Å². The lowest BCUT2D eigenvalue weighted by Gasteiger charge is -1.99. The molecule has 0 bridgehead atoms. The van der Waals surface area contributed by atoms with Gasteiger partial charge in [-0.05, 0) is 60.1 Å². The molecule has 0 amide bonds. The summed E-state index contributed by atoms with van der Waals surface area (Å²) in [4.78, 5) is 4.30. The molecule has 0 spiro atoms. The van der Waals surface area contributed by atoms with Gasteiger partial charge in [0.25, 0.3) is 0 Å². The second kappa shape index (κ2) is 5.93. The molecule has 0 saturated heterocycles. The van der Waals surface area contributed by atoms with Crippen molar-refractivity contribution in [2.75, 3.05) is 13.6 Å². The van der Waals surface area contributed by atoms with E-state index in [0.717, 1.165) is 29.7 Å². The van der Waals surface area contributed by atoms with Crippen molar-refractivity contribution in [2.24, 2.45) is 0 Å². The maximum absolute atomic E-state index is 4.31. The van der Waals surface area contributed by atoms with E-state index in [9.17, 15) is 0 Å². The maximum Gasteiger partial charge on any atom is 0.153 e. The molecule has 2 aromatic heterocycles. The van der Waals surface area contributed by atoms with E-state index in [1.165, 1.54) is 5.56 Å². The molecule has 1 N–H and O–H groups in total. The van der Waals surface area contributed by atoms with Crippen LogP contribution in [0, 0.1) is 0 Å². The van der Waals surface area contributed by atoms with Crippen LogP contribution >= 0.6 is 15.9 Å². The monoisotopic (exact) mass is 294 g/mol. The quantitative estimate of drug-likeness (QED) is 0.860. The van der Waals surface area contributed by atoms with Crippen LogP contribution in [0.1, 0.15) is 12.0 Å². The van der Waals surface area contributed by atoms with Gasteiger partial charge in [0.1, 0.15) is 0 Å². The van der Waals surface area contributed by atoms with Crippen LogP contribution in [0.3, 0.4) is 0 Å². The summed E-state index contributed by atoms with van der Waals surface area (Å²) in [7, 11) is 1.97. The van der Waals surface area contributed by atoms with Crippen molar-refractivity contribution in [1.82, 2.24) is 20.1 Å². The first-order valence-electron chi connectivity index (χ1n) is 5.59. The van der Waals surface area contributed by atoms with Gasteiger partial charge in [-0.15, -0.1) is 0 Å². The number of halogens is 1.